The molecule has 0 amide bonds. The molecule has 7 atom stereocenters. The van der Waals surface area contributed by atoms with Crippen LogP contribution >= 0.6 is 7.82 Å². The number of hydrogen-bond donors (Lipinski definition) is 4. The number of anilines is 2. The molecule has 2 saturated heterocycles. The van der Waals surface area contributed by atoms with E-state index in [1.165, 1.54) is 31.4 Å². The van der Waals surface area contributed by atoms with Crippen LogP contribution in [0.5, 0.6) is 0 Å². The second-order valence-corrected chi connectivity index (χ2v) is 10.5. The van der Waals surface area contributed by atoms with Gasteiger partial charge in [0.25, 0.3) is 5.56 Å². The Bertz CT molecular complexity index is 1530. The standard InChI is InChI=1S/C20H28N9O10P/c1-34-5-11-10(4-13(37-11)28-7-23-15-16(28)25-19(22)26-17(15)30)39-40(32,33)36-6-12-9(35-2)3-14(38-12)29-8-24-18(21)27-20(29)31/h7-14H,3-6H2,1-2H3,(H,32,33)(H2,21,27,31)(H3,22,25,26,30)/t9-,10-,11-,12-,13-,14-/m1/s1. The lowest BCUT2D eigenvalue weighted by atomic mass is 10.2. The van der Waals surface area contributed by atoms with Crippen LogP contribution in [0.3, 0.4) is 0 Å². The Morgan fingerprint density at radius 1 is 1.05 bits per heavy atom. The molecule has 0 bridgehead atoms. The quantitative estimate of drug-likeness (QED) is 0.201. The molecule has 2 fully saturated rings. The molecule has 1 unspecified atom stereocenters. The molecule has 0 spiro atoms. The van der Waals surface area contributed by atoms with Gasteiger partial charge in [0, 0.05) is 27.1 Å². The zero-order valence-electron chi connectivity index (χ0n) is 21.4. The second-order valence-electron chi connectivity index (χ2n) is 9.05. The minimum atomic E-state index is -4.66. The van der Waals surface area contributed by atoms with Crippen LogP contribution in [0.25, 0.3) is 11.2 Å². The number of phosphoric acid groups is 1. The molecule has 5 heterocycles. The van der Waals surface area contributed by atoms with E-state index in [1.54, 1.807) is 0 Å². The Kier molecular flexibility index (Phi) is 7.98. The molecule has 3 aromatic rings. The molecule has 0 saturated carbocycles. The third-order valence-electron chi connectivity index (χ3n) is 6.48. The highest BCUT2D eigenvalue weighted by atomic mass is 31.2. The summed E-state index contributed by atoms with van der Waals surface area (Å²) in [5.74, 6) is -0.285. The number of aromatic amines is 1. The van der Waals surface area contributed by atoms with E-state index in [-0.39, 0.29) is 42.5 Å². The van der Waals surface area contributed by atoms with Crippen molar-refractivity contribution in [2.24, 2.45) is 0 Å². The lowest BCUT2D eigenvalue weighted by molar-refractivity contribution is -0.0642. The van der Waals surface area contributed by atoms with Gasteiger partial charge in [0.15, 0.2) is 11.2 Å². The van der Waals surface area contributed by atoms with Crippen molar-refractivity contribution in [2.75, 3.05) is 38.9 Å². The molecule has 0 aromatic carbocycles. The highest BCUT2D eigenvalue weighted by Crippen LogP contribution is 2.49. The summed E-state index contributed by atoms with van der Waals surface area (Å²) in [7, 11) is -1.79. The smallest absolute Gasteiger partial charge is 0.382 e. The summed E-state index contributed by atoms with van der Waals surface area (Å²) in [6.45, 7) is -0.362. The number of ether oxygens (including phenoxy) is 4. The normalized spacial score (nSPS) is 28.3. The van der Waals surface area contributed by atoms with E-state index in [4.69, 9.17) is 39.5 Å². The monoisotopic (exact) mass is 585 g/mol. The highest BCUT2D eigenvalue weighted by molar-refractivity contribution is 7.47. The summed E-state index contributed by atoms with van der Waals surface area (Å²) >= 11 is 0. The fraction of sp³-hybridized carbons (Fsp3) is 0.600. The van der Waals surface area contributed by atoms with Crippen molar-refractivity contribution in [2.45, 2.75) is 49.7 Å². The van der Waals surface area contributed by atoms with Gasteiger partial charge in [-0.05, 0) is 0 Å². The summed E-state index contributed by atoms with van der Waals surface area (Å²) < 4.78 is 48.7. The number of hydrogen-bond acceptors (Lipinski definition) is 15. The Morgan fingerprint density at radius 2 is 1.73 bits per heavy atom. The summed E-state index contributed by atoms with van der Waals surface area (Å²) in [6, 6.07) is 0. The number of aromatic nitrogens is 7. The average Bonchev–Trinajstić information content (AvgIpc) is 3.60. The first-order valence-corrected chi connectivity index (χ1v) is 13.5. The number of nitrogen functional groups attached to an aromatic ring is 2. The van der Waals surface area contributed by atoms with Crippen LogP contribution in [0.1, 0.15) is 25.3 Å². The van der Waals surface area contributed by atoms with Crippen LogP contribution in [0.2, 0.25) is 0 Å². The first-order valence-electron chi connectivity index (χ1n) is 12.0. The summed E-state index contributed by atoms with van der Waals surface area (Å²) in [5.41, 5.74) is 10.1. The van der Waals surface area contributed by atoms with E-state index < -0.39 is 62.6 Å². The minimum absolute atomic E-state index is 0.0293. The number of nitrogens with one attached hydrogen (secondary N) is 1. The van der Waals surface area contributed by atoms with Crippen molar-refractivity contribution in [3.05, 3.63) is 33.5 Å². The van der Waals surface area contributed by atoms with Gasteiger partial charge >= 0.3 is 13.5 Å². The Hall–Kier alpha value is -3.29. The molecule has 3 aromatic heterocycles. The lowest BCUT2D eigenvalue weighted by Gasteiger charge is -2.23. The number of phosphoric ester groups is 1. The van der Waals surface area contributed by atoms with Crippen LogP contribution < -0.4 is 22.7 Å². The molecule has 40 heavy (non-hydrogen) atoms. The van der Waals surface area contributed by atoms with E-state index in [1.807, 2.05) is 0 Å². The molecule has 5 rings (SSSR count). The fourth-order valence-corrected chi connectivity index (χ4v) is 5.60. The maximum Gasteiger partial charge on any atom is 0.472 e. The Labute approximate surface area is 225 Å². The lowest BCUT2D eigenvalue weighted by Crippen LogP contribution is -2.30. The predicted molar refractivity (Wildman–Crippen MR) is 134 cm³/mol. The third kappa shape index (κ3) is 5.77. The molecule has 0 radical (unpaired) electrons. The number of fused-ring (bicyclic) bond motifs is 1. The van der Waals surface area contributed by atoms with Crippen LogP contribution in [-0.4, -0.2) is 90.8 Å². The largest absolute Gasteiger partial charge is 0.472 e. The van der Waals surface area contributed by atoms with Crippen LogP contribution in [0.4, 0.5) is 11.9 Å². The molecular weight excluding hydrogens is 557 g/mol. The van der Waals surface area contributed by atoms with Gasteiger partial charge < -0.3 is 35.3 Å². The fourth-order valence-electron chi connectivity index (χ4n) is 4.64. The number of imidazole rings is 1. The van der Waals surface area contributed by atoms with Gasteiger partial charge in [-0.3, -0.25) is 28.0 Å². The van der Waals surface area contributed by atoms with Gasteiger partial charge in [0.2, 0.25) is 11.9 Å². The van der Waals surface area contributed by atoms with Crippen LogP contribution in [0.15, 0.2) is 22.2 Å². The van der Waals surface area contributed by atoms with Gasteiger partial charge in [-0.1, -0.05) is 0 Å². The minimum Gasteiger partial charge on any atom is -0.382 e. The van der Waals surface area contributed by atoms with Crippen LogP contribution in [0, 0.1) is 0 Å². The van der Waals surface area contributed by atoms with Gasteiger partial charge in [-0.2, -0.15) is 9.97 Å². The third-order valence-corrected chi connectivity index (χ3v) is 7.49. The molecule has 2 aliphatic heterocycles. The number of nitrogens with two attached hydrogens (primary N) is 2. The van der Waals surface area contributed by atoms with Crippen molar-refractivity contribution in [1.29, 1.82) is 0 Å². The maximum absolute atomic E-state index is 12.9. The number of nitrogens with zero attached hydrogens (tertiary/aromatic N) is 6. The van der Waals surface area contributed by atoms with E-state index in [9.17, 15) is 19.0 Å². The zero-order chi connectivity index (χ0) is 28.6. The Morgan fingerprint density at radius 3 is 2.42 bits per heavy atom. The number of methoxy groups -OCH3 is 2. The van der Waals surface area contributed by atoms with E-state index in [0.29, 0.717) is 0 Å². The summed E-state index contributed by atoms with van der Waals surface area (Å²) in [6.07, 6.45) is -1.83. The van der Waals surface area contributed by atoms with Crippen LogP contribution in [-0.2, 0) is 32.6 Å². The first-order chi connectivity index (χ1) is 19.1. The van der Waals surface area contributed by atoms with Crippen molar-refractivity contribution in [1.82, 2.24) is 34.1 Å². The average molecular weight is 585 g/mol. The van der Waals surface area contributed by atoms with E-state index in [0.717, 1.165) is 4.57 Å². The Balaban J connectivity index is 1.25. The molecule has 6 N–H and O–H groups in total. The molecule has 19 nitrogen and oxygen atoms in total. The molecule has 2 aliphatic rings. The van der Waals surface area contributed by atoms with Gasteiger partial charge in [0.1, 0.15) is 37.1 Å². The molecule has 20 heteroatoms. The maximum atomic E-state index is 12.9. The van der Waals surface area contributed by atoms with Crippen molar-refractivity contribution < 1.29 is 37.5 Å². The van der Waals surface area contributed by atoms with Gasteiger partial charge in [-0.15, -0.1) is 0 Å². The molecule has 218 valence electrons. The van der Waals surface area contributed by atoms with Crippen molar-refractivity contribution in [3.63, 3.8) is 0 Å². The molecule has 0 aliphatic carbocycles. The van der Waals surface area contributed by atoms with Gasteiger partial charge in [-0.25, -0.2) is 19.3 Å². The predicted octanol–water partition coefficient (Wildman–Crippen LogP) is -1.33. The number of rotatable bonds is 10. The number of H-pyrrole nitrogens is 1. The summed E-state index contributed by atoms with van der Waals surface area (Å²) in [4.78, 5) is 52.7. The highest BCUT2D eigenvalue weighted by Gasteiger charge is 2.44. The second kappa shape index (κ2) is 11.3. The van der Waals surface area contributed by atoms with E-state index in [2.05, 4.69) is 24.9 Å². The van der Waals surface area contributed by atoms with Crippen molar-refractivity contribution >= 4 is 30.9 Å². The van der Waals surface area contributed by atoms with Gasteiger partial charge in [0.05, 0.1) is 25.6 Å². The SMILES string of the molecule is COC[C@H]1O[C@@H](n2cnc3c(=O)[nH]c(N)nc32)C[C@H]1OP(=O)(O)OC[C@H]1O[C@@H](n2cnc(N)nc2=O)C[C@H]1OC. The van der Waals surface area contributed by atoms with E-state index >= 15 is 0 Å². The first kappa shape index (κ1) is 28.2. The topological polar surface area (TPSA) is 256 Å². The van der Waals surface area contributed by atoms with Crippen molar-refractivity contribution in [3.8, 4) is 0 Å². The molecular formula is C20H28N9O10P. The zero-order valence-corrected chi connectivity index (χ0v) is 22.2. The summed E-state index contributed by atoms with van der Waals surface area (Å²) in [5, 5.41) is 0.